The van der Waals surface area contributed by atoms with Crippen LogP contribution in [-0.2, 0) is 4.74 Å². The van der Waals surface area contributed by atoms with Gasteiger partial charge in [-0.1, -0.05) is 31.5 Å². The van der Waals surface area contributed by atoms with E-state index in [1.165, 1.54) is 0 Å². The maximum atomic E-state index is 11.5. The smallest absolute Gasteiger partial charge is 0.339 e. The second-order valence-corrected chi connectivity index (χ2v) is 3.79. The van der Waals surface area contributed by atoms with Gasteiger partial charge in [0.2, 0.25) is 0 Å². The summed E-state index contributed by atoms with van der Waals surface area (Å²) in [5.41, 5.74) is 1.29. The van der Waals surface area contributed by atoms with Crippen molar-refractivity contribution in [3.05, 3.63) is 47.2 Å². The topological polar surface area (TPSA) is 46.5 Å². The number of rotatable bonds is 3. The molecular weight excluding hydrogens is 204 g/mol. The molecule has 1 heterocycles. The SMILES string of the molecule is CCC/C=C(\O)C1OC(=O)c2ccccc21. The third-order valence-corrected chi connectivity index (χ3v) is 2.60. The molecule has 0 bridgehead atoms. The van der Waals surface area contributed by atoms with Gasteiger partial charge in [-0.05, 0) is 18.6 Å². The molecule has 2 rings (SSSR count). The molecule has 3 nitrogen and oxygen atoms in total. The normalized spacial score (nSPS) is 19.4. The van der Waals surface area contributed by atoms with Crippen molar-refractivity contribution in [2.45, 2.75) is 25.9 Å². The highest BCUT2D eigenvalue weighted by Crippen LogP contribution is 2.34. The number of esters is 1. The van der Waals surface area contributed by atoms with Crippen LogP contribution in [0.2, 0.25) is 0 Å². The summed E-state index contributed by atoms with van der Waals surface area (Å²) in [4.78, 5) is 11.5. The summed E-state index contributed by atoms with van der Waals surface area (Å²) in [6.07, 6.45) is 2.82. The number of allylic oxidation sites excluding steroid dienone is 1. The first-order valence-corrected chi connectivity index (χ1v) is 5.43. The van der Waals surface area contributed by atoms with Crippen LogP contribution in [0.4, 0.5) is 0 Å². The molecule has 0 aromatic heterocycles. The van der Waals surface area contributed by atoms with Gasteiger partial charge in [0.15, 0.2) is 6.10 Å². The van der Waals surface area contributed by atoms with Gasteiger partial charge in [-0.3, -0.25) is 0 Å². The summed E-state index contributed by atoms with van der Waals surface area (Å²) < 4.78 is 5.13. The number of benzene rings is 1. The van der Waals surface area contributed by atoms with Crippen LogP contribution in [0.3, 0.4) is 0 Å². The molecule has 84 valence electrons. The Balaban J connectivity index is 2.30. The fraction of sp³-hybridized carbons (Fsp3) is 0.308. The second-order valence-electron chi connectivity index (χ2n) is 3.79. The van der Waals surface area contributed by atoms with E-state index in [4.69, 9.17) is 4.74 Å². The number of cyclic esters (lactones) is 1. The van der Waals surface area contributed by atoms with Gasteiger partial charge in [-0.25, -0.2) is 4.79 Å². The largest absolute Gasteiger partial charge is 0.508 e. The highest BCUT2D eigenvalue weighted by molar-refractivity contribution is 5.94. The molecule has 1 unspecified atom stereocenters. The minimum atomic E-state index is -0.616. The molecule has 1 aliphatic heterocycles. The molecule has 0 amide bonds. The molecule has 1 aliphatic rings. The van der Waals surface area contributed by atoms with E-state index in [0.717, 1.165) is 18.4 Å². The minimum Gasteiger partial charge on any atom is -0.508 e. The molecule has 0 saturated carbocycles. The van der Waals surface area contributed by atoms with Gasteiger partial charge < -0.3 is 9.84 Å². The van der Waals surface area contributed by atoms with Gasteiger partial charge in [0.05, 0.1) is 5.56 Å². The van der Waals surface area contributed by atoms with Crippen molar-refractivity contribution in [2.75, 3.05) is 0 Å². The lowest BCUT2D eigenvalue weighted by molar-refractivity contribution is 0.0373. The van der Waals surface area contributed by atoms with Crippen LogP contribution in [0.5, 0.6) is 0 Å². The Morgan fingerprint density at radius 3 is 3.00 bits per heavy atom. The van der Waals surface area contributed by atoms with Crippen LogP contribution >= 0.6 is 0 Å². The van der Waals surface area contributed by atoms with Crippen molar-refractivity contribution in [2.24, 2.45) is 0 Å². The fourth-order valence-electron chi connectivity index (χ4n) is 1.76. The Morgan fingerprint density at radius 1 is 1.50 bits per heavy atom. The Morgan fingerprint density at radius 2 is 2.25 bits per heavy atom. The highest BCUT2D eigenvalue weighted by Gasteiger charge is 2.32. The van der Waals surface area contributed by atoms with E-state index in [2.05, 4.69) is 0 Å². The molecule has 0 fully saturated rings. The molecule has 0 radical (unpaired) electrons. The lowest BCUT2D eigenvalue weighted by Crippen LogP contribution is -2.02. The van der Waals surface area contributed by atoms with E-state index in [1.807, 2.05) is 13.0 Å². The summed E-state index contributed by atoms with van der Waals surface area (Å²) in [6, 6.07) is 7.14. The van der Waals surface area contributed by atoms with Crippen molar-refractivity contribution >= 4 is 5.97 Å². The number of hydrogen-bond acceptors (Lipinski definition) is 3. The fourth-order valence-corrected chi connectivity index (χ4v) is 1.76. The Bertz CT molecular complexity index is 435. The first-order valence-electron chi connectivity index (χ1n) is 5.43. The molecule has 1 N–H and O–H groups in total. The minimum absolute atomic E-state index is 0.125. The molecule has 0 saturated heterocycles. The number of fused-ring (bicyclic) bond motifs is 1. The zero-order valence-corrected chi connectivity index (χ0v) is 9.14. The van der Waals surface area contributed by atoms with Crippen LogP contribution in [0.15, 0.2) is 36.1 Å². The third kappa shape index (κ3) is 1.81. The first-order chi connectivity index (χ1) is 7.74. The highest BCUT2D eigenvalue weighted by atomic mass is 16.6. The van der Waals surface area contributed by atoms with E-state index in [-0.39, 0.29) is 11.7 Å². The summed E-state index contributed by atoms with van der Waals surface area (Å²) >= 11 is 0. The zero-order valence-electron chi connectivity index (χ0n) is 9.14. The van der Waals surface area contributed by atoms with Crippen molar-refractivity contribution < 1.29 is 14.6 Å². The summed E-state index contributed by atoms with van der Waals surface area (Å²) in [5.74, 6) is -0.239. The Labute approximate surface area is 94.4 Å². The Hall–Kier alpha value is -1.77. The van der Waals surface area contributed by atoms with Gasteiger partial charge in [-0.2, -0.15) is 0 Å². The van der Waals surface area contributed by atoms with Crippen molar-refractivity contribution in [1.82, 2.24) is 0 Å². The van der Waals surface area contributed by atoms with Gasteiger partial charge in [0.25, 0.3) is 0 Å². The van der Waals surface area contributed by atoms with Crippen LogP contribution < -0.4 is 0 Å². The maximum Gasteiger partial charge on any atom is 0.339 e. The number of hydrogen-bond donors (Lipinski definition) is 1. The average molecular weight is 218 g/mol. The average Bonchev–Trinajstić information content (AvgIpc) is 2.65. The van der Waals surface area contributed by atoms with Gasteiger partial charge in [0.1, 0.15) is 5.76 Å². The summed E-state index contributed by atoms with van der Waals surface area (Å²) in [5, 5.41) is 9.83. The predicted molar refractivity (Wildman–Crippen MR) is 60.2 cm³/mol. The van der Waals surface area contributed by atoms with Crippen molar-refractivity contribution in [1.29, 1.82) is 0 Å². The Kier molecular flexibility index (Phi) is 2.95. The van der Waals surface area contributed by atoms with E-state index in [1.54, 1.807) is 24.3 Å². The van der Waals surface area contributed by atoms with Gasteiger partial charge in [0, 0.05) is 5.56 Å². The number of carbonyl (C=O) groups is 1. The van der Waals surface area contributed by atoms with Crippen molar-refractivity contribution in [3.8, 4) is 0 Å². The van der Waals surface area contributed by atoms with E-state index < -0.39 is 6.10 Å². The van der Waals surface area contributed by atoms with Crippen LogP contribution in [0.25, 0.3) is 0 Å². The monoisotopic (exact) mass is 218 g/mol. The first kappa shape index (κ1) is 10.7. The second kappa shape index (κ2) is 4.39. The molecule has 1 aromatic carbocycles. The van der Waals surface area contributed by atoms with Crippen LogP contribution in [0.1, 0.15) is 41.8 Å². The van der Waals surface area contributed by atoms with E-state index >= 15 is 0 Å². The molecular formula is C13H14O3. The number of ether oxygens (including phenoxy) is 1. The number of aliphatic hydroxyl groups excluding tert-OH is 1. The van der Waals surface area contributed by atoms with Gasteiger partial charge >= 0.3 is 5.97 Å². The van der Waals surface area contributed by atoms with Crippen molar-refractivity contribution in [3.63, 3.8) is 0 Å². The molecule has 1 atom stereocenters. The number of unbranched alkanes of at least 4 members (excludes halogenated alkanes) is 1. The van der Waals surface area contributed by atoms with Crippen LogP contribution in [0, 0.1) is 0 Å². The molecule has 16 heavy (non-hydrogen) atoms. The van der Waals surface area contributed by atoms with E-state index in [9.17, 15) is 9.90 Å². The summed E-state index contributed by atoms with van der Waals surface area (Å²) in [7, 11) is 0. The predicted octanol–water partition coefficient (Wildman–Crippen LogP) is 3.14. The molecule has 1 aromatic rings. The standard InChI is InChI=1S/C13H14O3/c1-2-3-8-11(14)12-9-6-4-5-7-10(9)13(15)16-12/h4-8,12,14H,2-3H2,1H3/b11-8-. The molecule has 0 aliphatic carbocycles. The van der Waals surface area contributed by atoms with Crippen LogP contribution in [-0.4, -0.2) is 11.1 Å². The lowest BCUT2D eigenvalue weighted by Gasteiger charge is -2.09. The third-order valence-electron chi connectivity index (χ3n) is 2.60. The molecule has 3 heteroatoms. The maximum absolute atomic E-state index is 11.5. The zero-order chi connectivity index (χ0) is 11.5. The molecule has 0 spiro atoms. The number of aliphatic hydroxyl groups is 1. The number of carbonyl (C=O) groups excluding carboxylic acids is 1. The van der Waals surface area contributed by atoms with E-state index in [0.29, 0.717) is 5.56 Å². The lowest BCUT2D eigenvalue weighted by atomic mass is 10.0. The summed E-state index contributed by atoms with van der Waals surface area (Å²) in [6.45, 7) is 2.03. The quantitative estimate of drug-likeness (QED) is 0.626. The van der Waals surface area contributed by atoms with Gasteiger partial charge in [-0.15, -0.1) is 0 Å².